The Balaban J connectivity index is 1.55. The number of esters is 1. The molecule has 7 heteroatoms. The lowest BCUT2D eigenvalue weighted by molar-refractivity contribution is -0.133. The second kappa shape index (κ2) is 9.17. The Morgan fingerprint density at radius 2 is 1.75 bits per heavy atom. The van der Waals surface area contributed by atoms with Gasteiger partial charge in [0.1, 0.15) is 11.6 Å². The third-order valence-corrected chi connectivity index (χ3v) is 4.90. The van der Waals surface area contributed by atoms with Gasteiger partial charge in [-0.25, -0.2) is 4.39 Å². The van der Waals surface area contributed by atoms with Crippen molar-refractivity contribution >= 4 is 23.5 Å². The summed E-state index contributed by atoms with van der Waals surface area (Å²) in [5, 5.41) is 0.582. The van der Waals surface area contributed by atoms with E-state index in [2.05, 4.69) is 4.90 Å². The maximum atomic E-state index is 13.0. The van der Waals surface area contributed by atoms with Crippen molar-refractivity contribution in [3.05, 3.63) is 64.4 Å². The number of ether oxygens (including phenoxy) is 1. The fraction of sp³-hybridized carbons (Fsp3) is 0.333. The minimum Gasteiger partial charge on any atom is -0.426 e. The zero-order valence-corrected chi connectivity index (χ0v) is 16.4. The predicted octanol–water partition coefficient (Wildman–Crippen LogP) is 3.29. The quantitative estimate of drug-likeness (QED) is 0.566. The van der Waals surface area contributed by atoms with Crippen LogP contribution < -0.4 is 4.74 Å². The highest BCUT2D eigenvalue weighted by Crippen LogP contribution is 2.25. The third kappa shape index (κ3) is 5.53. The molecule has 0 saturated carbocycles. The van der Waals surface area contributed by atoms with Crippen molar-refractivity contribution in [1.29, 1.82) is 0 Å². The highest BCUT2D eigenvalue weighted by atomic mass is 35.5. The van der Waals surface area contributed by atoms with Gasteiger partial charge in [0.25, 0.3) is 0 Å². The highest BCUT2D eigenvalue weighted by Gasteiger charge is 2.22. The van der Waals surface area contributed by atoms with Gasteiger partial charge in [-0.15, -0.1) is 0 Å². The number of amides is 1. The first-order valence-electron chi connectivity index (χ1n) is 9.12. The summed E-state index contributed by atoms with van der Waals surface area (Å²) in [6, 6.07) is 11.2. The molecule has 0 aliphatic carbocycles. The van der Waals surface area contributed by atoms with Gasteiger partial charge in [-0.2, -0.15) is 0 Å². The van der Waals surface area contributed by atoms with Crippen LogP contribution >= 0.6 is 11.6 Å². The van der Waals surface area contributed by atoms with Crippen molar-refractivity contribution in [2.75, 3.05) is 26.2 Å². The van der Waals surface area contributed by atoms with E-state index in [1.165, 1.54) is 19.1 Å². The average molecular weight is 405 g/mol. The number of nitrogens with zero attached hydrogens (tertiary/aromatic N) is 2. The van der Waals surface area contributed by atoms with E-state index in [0.717, 1.165) is 11.1 Å². The van der Waals surface area contributed by atoms with E-state index >= 15 is 0 Å². The van der Waals surface area contributed by atoms with Crippen LogP contribution in [0.15, 0.2) is 42.5 Å². The van der Waals surface area contributed by atoms with Gasteiger partial charge in [0, 0.05) is 50.2 Å². The lowest BCUT2D eigenvalue weighted by Crippen LogP contribution is -2.48. The van der Waals surface area contributed by atoms with Gasteiger partial charge in [-0.3, -0.25) is 14.5 Å². The normalized spacial score (nSPS) is 14.8. The summed E-state index contributed by atoms with van der Waals surface area (Å²) in [5.74, 6) is -0.139. The Morgan fingerprint density at radius 3 is 2.39 bits per heavy atom. The first-order chi connectivity index (χ1) is 13.4. The molecule has 0 radical (unpaired) electrons. The van der Waals surface area contributed by atoms with E-state index < -0.39 is 0 Å². The molecule has 1 heterocycles. The van der Waals surface area contributed by atoms with Crippen LogP contribution in [0.1, 0.15) is 18.1 Å². The maximum absolute atomic E-state index is 13.0. The predicted molar refractivity (Wildman–Crippen MR) is 105 cm³/mol. The lowest BCUT2D eigenvalue weighted by Gasteiger charge is -2.35. The molecule has 28 heavy (non-hydrogen) atoms. The van der Waals surface area contributed by atoms with Crippen LogP contribution in [0.2, 0.25) is 5.02 Å². The summed E-state index contributed by atoms with van der Waals surface area (Å²) in [4.78, 5) is 27.8. The van der Waals surface area contributed by atoms with Crippen molar-refractivity contribution < 1.29 is 18.7 Å². The van der Waals surface area contributed by atoms with Crippen molar-refractivity contribution in [2.45, 2.75) is 19.9 Å². The minimum atomic E-state index is -0.375. The van der Waals surface area contributed by atoms with Crippen molar-refractivity contribution in [3.8, 4) is 5.75 Å². The van der Waals surface area contributed by atoms with Crippen LogP contribution in [0.25, 0.3) is 0 Å². The first kappa shape index (κ1) is 20.3. The molecular weight excluding hydrogens is 383 g/mol. The van der Waals surface area contributed by atoms with Crippen LogP contribution in [0, 0.1) is 5.82 Å². The molecular formula is C21H22ClFN2O3. The van der Waals surface area contributed by atoms with Gasteiger partial charge < -0.3 is 9.64 Å². The van der Waals surface area contributed by atoms with Crippen LogP contribution in [0.4, 0.5) is 4.39 Å². The smallest absolute Gasteiger partial charge is 0.308 e. The van der Waals surface area contributed by atoms with Gasteiger partial charge in [0.2, 0.25) is 5.91 Å². The summed E-state index contributed by atoms with van der Waals surface area (Å²) < 4.78 is 18.2. The number of rotatable bonds is 5. The number of hydrogen-bond acceptors (Lipinski definition) is 4. The summed E-state index contributed by atoms with van der Waals surface area (Å²) in [7, 11) is 0. The summed E-state index contributed by atoms with van der Waals surface area (Å²) in [5.41, 5.74) is 1.65. The van der Waals surface area contributed by atoms with Gasteiger partial charge in [0.05, 0.1) is 6.42 Å². The second-order valence-electron chi connectivity index (χ2n) is 6.81. The molecule has 1 fully saturated rings. The van der Waals surface area contributed by atoms with E-state index in [1.54, 1.807) is 30.3 Å². The number of carbonyl (C=O) groups is 2. The Labute approximate surface area is 168 Å². The van der Waals surface area contributed by atoms with Gasteiger partial charge in [-0.1, -0.05) is 23.7 Å². The number of halogens is 2. The van der Waals surface area contributed by atoms with Crippen LogP contribution in [0.5, 0.6) is 5.75 Å². The molecule has 0 aromatic heterocycles. The van der Waals surface area contributed by atoms with Crippen molar-refractivity contribution in [1.82, 2.24) is 9.80 Å². The Kier molecular flexibility index (Phi) is 6.65. The molecule has 1 amide bonds. The molecule has 1 aliphatic rings. The zero-order chi connectivity index (χ0) is 20.1. The number of benzene rings is 2. The molecule has 2 aromatic rings. The van der Waals surface area contributed by atoms with Crippen molar-refractivity contribution in [2.24, 2.45) is 0 Å². The topological polar surface area (TPSA) is 49.9 Å². The molecule has 3 rings (SSSR count). The largest absolute Gasteiger partial charge is 0.426 e. The number of carbonyl (C=O) groups excluding carboxylic acids is 2. The van der Waals surface area contributed by atoms with E-state index in [9.17, 15) is 14.0 Å². The Bertz CT molecular complexity index is 849. The number of hydrogen-bond donors (Lipinski definition) is 0. The zero-order valence-electron chi connectivity index (χ0n) is 15.7. The molecule has 1 saturated heterocycles. The van der Waals surface area contributed by atoms with Crippen LogP contribution in [-0.2, 0) is 22.6 Å². The van der Waals surface area contributed by atoms with E-state index in [0.29, 0.717) is 43.5 Å². The molecule has 148 valence electrons. The first-order valence-corrected chi connectivity index (χ1v) is 9.50. The standard InChI is InChI=1S/C21H22ClFN2O3/c1-15(26)28-20-7-4-18(22)13-17(20)14-24-8-10-25(11-9-24)21(27)12-16-2-5-19(23)6-3-16/h2-7,13H,8-12,14H2,1H3. The summed E-state index contributed by atoms with van der Waals surface area (Å²) in [6.07, 6.45) is 0.269. The molecule has 0 spiro atoms. The van der Waals surface area contributed by atoms with Gasteiger partial charge in [-0.05, 0) is 35.9 Å². The second-order valence-corrected chi connectivity index (χ2v) is 7.24. The fourth-order valence-electron chi connectivity index (χ4n) is 3.21. The van der Waals surface area contributed by atoms with E-state index in [-0.39, 0.29) is 24.1 Å². The van der Waals surface area contributed by atoms with Gasteiger partial charge in [0.15, 0.2) is 0 Å². The minimum absolute atomic E-state index is 0.0367. The molecule has 0 atom stereocenters. The molecule has 0 unspecified atom stereocenters. The fourth-order valence-corrected chi connectivity index (χ4v) is 3.41. The monoisotopic (exact) mass is 404 g/mol. The Morgan fingerprint density at radius 1 is 1.07 bits per heavy atom. The molecule has 0 N–H and O–H groups in total. The highest BCUT2D eigenvalue weighted by molar-refractivity contribution is 6.30. The Hall–Kier alpha value is -2.44. The van der Waals surface area contributed by atoms with E-state index in [1.807, 2.05) is 4.90 Å². The van der Waals surface area contributed by atoms with Crippen molar-refractivity contribution in [3.63, 3.8) is 0 Å². The molecule has 1 aliphatic heterocycles. The van der Waals surface area contributed by atoms with Crippen LogP contribution in [0.3, 0.4) is 0 Å². The lowest BCUT2D eigenvalue weighted by atomic mass is 10.1. The van der Waals surface area contributed by atoms with Crippen LogP contribution in [-0.4, -0.2) is 47.9 Å². The number of piperazine rings is 1. The molecule has 5 nitrogen and oxygen atoms in total. The SMILES string of the molecule is CC(=O)Oc1ccc(Cl)cc1CN1CCN(C(=O)Cc2ccc(F)cc2)CC1. The third-order valence-electron chi connectivity index (χ3n) is 4.66. The summed E-state index contributed by atoms with van der Waals surface area (Å²) in [6.45, 7) is 4.60. The molecule has 2 aromatic carbocycles. The average Bonchev–Trinajstić information content (AvgIpc) is 2.66. The summed E-state index contributed by atoms with van der Waals surface area (Å²) >= 11 is 6.09. The molecule has 0 bridgehead atoms. The van der Waals surface area contributed by atoms with Gasteiger partial charge >= 0.3 is 5.97 Å². The van der Waals surface area contributed by atoms with E-state index in [4.69, 9.17) is 16.3 Å². The maximum Gasteiger partial charge on any atom is 0.308 e.